The van der Waals surface area contributed by atoms with Crippen LogP contribution in [0.2, 0.25) is 0 Å². The summed E-state index contributed by atoms with van der Waals surface area (Å²) in [5.74, 6) is 0.389. The van der Waals surface area contributed by atoms with Gasteiger partial charge in [-0.25, -0.2) is 0 Å². The Hall–Kier alpha value is -2.03. The zero-order valence-electron chi connectivity index (χ0n) is 16.9. The molecule has 0 saturated carbocycles. The molecular formula is C24H31F3. The molecule has 0 aliphatic rings. The zero-order chi connectivity index (χ0) is 20.4. The summed E-state index contributed by atoms with van der Waals surface area (Å²) in [4.78, 5) is 0. The molecule has 0 aliphatic carbocycles. The molecule has 3 heteroatoms. The summed E-state index contributed by atoms with van der Waals surface area (Å²) in [6.45, 7) is 12.4. The third-order valence-corrected chi connectivity index (χ3v) is 4.21. The van der Waals surface area contributed by atoms with Gasteiger partial charge in [0.15, 0.2) is 0 Å². The molecular weight excluding hydrogens is 345 g/mol. The summed E-state index contributed by atoms with van der Waals surface area (Å²) >= 11 is 0. The van der Waals surface area contributed by atoms with Crippen LogP contribution in [0.3, 0.4) is 0 Å². The highest BCUT2D eigenvalue weighted by atomic mass is 19.4. The van der Waals surface area contributed by atoms with Crippen molar-refractivity contribution >= 4 is 0 Å². The van der Waals surface area contributed by atoms with Crippen molar-refractivity contribution < 1.29 is 13.2 Å². The topological polar surface area (TPSA) is 0 Å². The first-order chi connectivity index (χ1) is 12.7. The number of benzene rings is 1. The minimum atomic E-state index is -4.29. The van der Waals surface area contributed by atoms with Crippen molar-refractivity contribution in [2.24, 2.45) is 5.92 Å². The highest BCUT2D eigenvalue weighted by Gasteiger charge is 2.29. The molecule has 0 N–H and O–H groups in total. The summed E-state index contributed by atoms with van der Waals surface area (Å²) < 4.78 is 38.2. The maximum absolute atomic E-state index is 12.7. The van der Waals surface area contributed by atoms with Gasteiger partial charge in [-0.05, 0) is 66.0 Å². The fourth-order valence-corrected chi connectivity index (χ4v) is 3.01. The van der Waals surface area contributed by atoms with E-state index in [-0.39, 0.29) is 0 Å². The molecule has 0 aromatic heterocycles. The number of alkyl halides is 3. The SMILES string of the molecule is C=CC(=C/CC)/C(=C\CC)C(=C/C(C)C)/CCc1ccc(C(F)(F)F)cc1. The van der Waals surface area contributed by atoms with Gasteiger partial charge in [-0.15, -0.1) is 0 Å². The largest absolute Gasteiger partial charge is 0.416 e. The molecule has 0 bridgehead atoms. The van der Waals surface area contributed by atoms with Gasteiger partial charge in [0.1, 0.15) is 0 Å². The highest BCUT2D eigenvalue weighted by molar-refractivity contribution is 5.51. The monoisotopic (exact) mass is 376 g/mol. The smallest absolute Gasteiger partial charge is 0.166 e. The number of halogens is 3. The van der Waals surface area contributed by atoms with E-state index in [1.54, 1.807) is 12.1 Å². The normalized spacial score (nSPS) is 14.0. The van der Waals surface area contributed by atoms with Gasteiger partial charge in [0.2, 0.25) is 0 Å². The molecule has 0 nitrogen and oxygen atoms in total. The lowest BCUT2D eigenvalue weighted by atomic mass is 9.89. The maximum Gasteiger partial charge on any atom is 0.416 e. The molecule has 0 radical (unpaired) electrons. The highest BCUT2D eigenvalue weighted by Crippen LogP contribution is 2.30. The van der Waals surface area contributed by atoms with Gasteiger partial charge in [0, 0.05) is 0 Å². The van der Waals surface area contributed by atoms with Gasteiger partial charge < -0.3 is 0 Å². The lowest BCUT2D eigenvalue weighted by Gasteiger charge is -2.16. The van der Waals surface area contributed by atoms with Crippen molar-refractivity contribution in [2.75, 3.05) is 0 Å². The molecule has 0 spiro atoms. The van der Waals surface area contributed by atoms with Crippen molar-refractivity contribution in [1.82, 2.24) is 0 Å². The van der Waals surface area contributed by atoms with E-state index in [4.69, 9.17) is 0 Å². The Kier molecular flexibility index (Phi) is 9.34. The molecule has 0 unspecified atom stereocenters. The van der Waals surface area contributed by atoms with Gasteiger partial charge in [-0.2, -0.15) is 13.2 Å². The molecule has 0 fully saturated rings. The van der Waals surface area contributed by atoms with Crippen LogP contribution in [-0.2, 0) is 12.6 Å². The van der Waals surface area contributed by atoms with E-state index in [9.17, 15) is 13.2 Å². The average molecular weight is 377 g/mol. The summed E-state index contributed by atoms with van der Waals surface area (Å²) in [5, 5.41) is 0. The van der Waals surface area contributed by atoms with E-state index >= 15 is 0 Å². The van der Waals surface area contributed by atoms with Crippen LogP contribution >= 0.6 is 0 Å². The third kappa shape index (κ3) is 7.62. The Balaban J connectivity index is 3.09. The van der Waals surface area contributed by atoms with Crippen LogP contribution in [0.15, 0.2) is 71.9 Å². The quantitative estimate of drug-likeness (QED) is 0.382. The van der Waals surface area contributed by atoms with Crippen molar-refractivity contribution in [2.45, 2.75) is 59.6 Å². The molecule has 1 aromatic carbocycles. The summed E-state index contributed by atoms with van der Waals surface area (Å²) in [6, 6.07) is 5.48. The fraction of sp³-hybridized carbons (Fsp3) is 0.417. The van der Waals surface area contributed by atoms with Crippen LogP contribution < -0.4 is 0 Å². The average Bonchev–Trinajstić information content (AvgIpc) is 2.61. The van der Waals surface area contributed by atoms with E-state index in [0.29, 0.717) is 12.3 Å². The van der Waals surface area contributed by atoms with Gasteiger partial charge in [-0.1, -0.05) is 70.7 Å². The minimum Gasteiger partial charge on any atom is -0.166 e. The van der Waals surface area contributed by atoms with Crippen LogP contribution in [0, 0.1) is 5.92 Å². The summed E-state index contributed by atoms with van der Waals surface area (Å²) in [7, 11) is 0. The number of allylic oxidation sites excluding steroid dienone is 7. The predicted octanol–water partition coefficient (Wildman–Crippen LogP) is 8.08. The van der Waals surface area contributed by atoms with Gasteiger partial charge in [-0.3, -0.25) is 0 Å². The minimum absolute atomic E-state index is 0.389. The lowest BCUT2D eigenvalue weighted by Crippen LogP contribution is -2.04. The van der Waals surface area contributed by atoms with Crippen LogP contribution in [0.25, 0.3) is 0 Å². The zero-order valence-corrected chi connectivity index (χ0v) is 16.9. The molecule has 1 rings (SSSR count). The Morgan fingerprint density at radius 2 is 1.63 bits per heavy atom. The van der Waals surface area contributed by atoms with E-state index in [0.717, 1.165) is 42.5 Å². The van der Waals surface area contributed by atoms with E-state index in [1.807, 2.05) is 6.08 Å². The van der Waals surface area contributed by atoms with Crippen molar-refractivity contribution in [3.8, 4) is 0 Å². The first-order valence-corrected chi connectivity index (χ1v) is 9.63. The van der Waals surface area contributed by atoms with Gasteiger partial charge >= 0.3 is 6.18 Å². The van der Waals surface area contributed by atoms with Crippen LogP contribution in [0.4, 0.5) is 13.2 Å². The van der Waals surface area contributed by atoms with Crippen LogP contribution in [-0.4, -0.2) is 0 Å². The maximum atomic E-state index is 12.7. The van der Waals surface area contributed by atoms with Gasteiger partial charge in [0.05, 0.1) is 5.56 Å². The Morgan fingerprint density at radius 1 is 1.04 bits per heavy atom. The second-order valence-electron chi connectivity index (χ2n) is 6.93. The number of hydrogen-bond donors (Lipinski definition) is 0. The number of aryl methyl sites for hydroxylation is 1. The number of rotatable bonds is 9. The molecule has 1 aromatic rings. The molecule has 0 aliphatic heterocycles. The molecule has 0 atom stereocenters. The Morgan fingerprint density at radius 3 is 2.07 bits per heavy atom. The van der Waals surface area contributed by atoms with E-state index < -0.39 is 11.7 Å². The molecule has 0 heterocycles. The van der Waals surface area contributed by atoms with Crippen molar-refractivity contribution in [1.29, 1.82) is 0 Å². The van der Waals surface area contributed by atoms with E-state index in [1.165, 1.54) is 11.1 Å². The standard InChI is InChI=1S/C24H31F3/c1-6-9-20(8-3)23(10-7-2)21(17-18(4)5)14-11-19-12-15-22(16-13-19)24(25,26)27/h8-10,12-13,15-18H,3,6-7,11,14H2,1-2,4-5H3/b20-9-,21-17+,23-10+. The summed E-state index contributed by atoms with van der Waals surface area (Å²) in [5.41, 5.74) is 3.85. The fourth-order valence-electron chi connectivity index (χ4n) is 3.01. The molecule has 27 heavy (non-hydrogen) atoms. The predicted molar refractivity (Wildman–Crippen MR) is 110 cm³/mol. The van der Waals surface area contributed by atoms with Crippen LogP contribution in [0.5, 0.6) is 0 Å². The lowest BCUT2D eigenvalue weighted by molar-refractivity contribution is -0.137. The van der Waals surface area contributed by atoms with E-state index in [2.05, 4.69) is 52.5 Å². The van der Waals surface area contributed by atoms with Crippen molar-refractivity contribution in [3.63, 3.8) is 0 Å². The molecule has 0 saturated heterocycles. The first-order valence-electron chi connectivity index (χ1n) is 9.63. The second kappa shape index (κ2) is 11.0. The molecule has 148 valence electrons. The van der Waals surface area contributed by atoms with Gasteiger partial charge in [0.25, 0.3) is 0 Å². The molecule has 0 amide bonds. The van der Waals surface area contributed by atoms with Crippen LogP contribution in [0.1, 0.15) is 58.1 Å². The summed E-state index contributed by atoms with van der Waals surface area (Å²) in [6.07, 6.45) is 7.55. The third-order valence-electron chi connectivity index (χ3n) is 4.21. The Bertz CT molecular complexity index is 683. The first kappa shape index (κ1) is 23.0. The Labute approximate surface area is 162 Å². The second-order valence-corrected chi connectivity index (χ2v) is 6.93. The van der Waals surface area contributed by atoms with Crippen molar-refractivity contribution in [3.05, 3.63) is 83.0 Å². The number of hydrogen-bond acceptors (Lipinski definition) is 0.